The lowest BCUT2D eigenvalue weighted by molar-refractivity contribution is -0.139. The van der Waals surface area contributed by atoms with Crippen LogP contribution in [0.5, 0.6) is 0 Å². The van der Waals surface area contributed by atoms with Crippen molar-refractivity contribution in [3.8, 4) is 0 Å². The molecule has 1 fully saturated rings. The van der Waals surface area contributed by atoms with E-state index in [2.05, 4.69) is 5.32 Å². The van der Waals surface area contributed by atoms with Crippen LogP contribution < -0.4 is 5.32 Å². The standard InChI is InChI=1S/C19H21F3N2O5S/c1-3-29-17(25)15-11(2)24(14-7-8-30(27,28)10-14)18(26)23-16(15)12-5-4-6-13(9-12)19(20,21)22/h4-6,9,14,16H,3,7-8,10H2,1-2H3,(H,23,26). The second-order valence-electron chi connectivity index (χ2n) is 7.15. The third kappa shape index (κ3) is 4.30. The zero-order valence-electron chi connectivity index (χ0n) is 16.3. The molecule has 2 atom stereocenters. The normalized spacial score (nSPS) is 24.0. The van der Waals surface area contributed by atoms with Crippen molar-refractivity contribution in [2.75, 3.05) is 18.1 Å². The average Bonchev–Trinajstić information content (AvgIpc) is 3.00. The number of hydrogen-bond donors (Lipinski definition) is 1. The fourth-order valence-electron chi connectivity index (χ4n) is 3.79. The molecule has 1 aromatic rings. The average molecular weight is 446 g/mol. The molecule has 1 N–H and O–H groups in total. The van der Waals surface area contributed by atoms with E-state index in [4.69, 9.17) is 4.74 Å². The van der Waals surface area contributed by atoms with Gasteiger partial charge in [-0.05, 0) is 38.0 Å². The van der Waals surface area contributed by atoms with Crippen molar-refractivity contribution in [2.45, 2.75) is 38.5 Å². The van der Waals surface area contributed by atoms with Gasteiger partial charge in [-0.3, -0.25) is 4.90 Å². The maximum Gasteiger partial charge on any atom is 0.416 e. The Labute approximate surface area is 171 Å². The molecule has 0 spiro atoms. The summed E-state index contributed by atoms with van der Waals surface area (Å²) in [6.07, 6.45) is -4.39. The van der Waals surface area contributed by atoms with Gasteiger partial charge in [0.25, 0.3) is 0 Å². The molecule has 0 aliphatic carbocycles. The van der Waals surface area contributed by atoms with Crippen molar-refractivity contribution in [3.05, 3.63) is 46.7 Å². The second-order valence-corrected chi connectivity index (χ2v) is 9.38. The number of carbonyl (C=O) groups is 2. The van der Waals surface area contributed by atoms with E-state index in [1.165, 1.54) is 24.0 Å². The molecule has 11 heteroatoms. The number of allylic oxidation sites excluding steroid dienone is 1. The minimum atomic E-state index is -4.60. The molecule has 1 aromatic carbocycles. The number of alkyl halides is 3. The number of nitrogens with one attached hydrogen (secondary N) is 1. The lowest BCUT2D eigenvalue weighted by Crippen LogP contribution is -2.52. The highest BCUT2D eigenvalue weighted by atomic mass is 32.2. The third-order valence-electron chi connectivity index (χ3n) is 5.14. The van der Waals surface area contributed by atoms with E-state index in [-0.39, 0.29) is 41.4 Å². The fraction of sp³-hybridized carbons (Fsp3) is 0.474. The molecule has 30 heavy (non-hydrogen) atoms. The Morgan fingerprint density at radius 3 is 2.60 bits per heavy atom. The largest absolute Gasteiger partial charge is 0.463 e. The minimum absolute atomic E-state index is 0.0245. The van der Waals surface area contributed by atoms with Crippen molar-refractivity contribution in [1.29, 1.82) is 0 Å². The molecule has 0 bridgehead atoms. The summed E-state index contributed by atoms with van der Waals surface area (Å²) >= 11 is 0. The number of sulfone groups is 1. The molecule has 1 saturated heterocycles. The number of carbonyl (C=O) groups excluding carboxylic acids is 2. The van der Waals surface area contributed by atoms with Gasteiger partial charge in [0.2, 0.25) is 0 Å². The predicted molar refractivity (Wildman–Crippen MR) is 101 cm³/mol. The summed E-state index contributed by atoms with van der Waals surface area (Å²) in [5, 5.41) is 2.55. The molecule has 164 valence electrons. The highest BCUT2D eigenvalue weighted by Crippen LogP contribution is 2.37. The van der Waals surface area contributed by atoms with Gasteiger partial charge >= 0.3 is 18.2 Å². The monoisotopic (exact) mass is 446 g/mol. The van der Waals surface area contributed by atoms with Crippen molar-refractivity contribution in [2.24, 2.45) is 0 Å². The van der Waals surface area contributed by atoms with Crippen molar-refractivity contribution in [3.63, 3.8) is 0 Å². The number of benzene rings is 1. The van der Waals surface area contributed by atoms with Crippen LogP contribution in [0.2, 0.25) is 0 Å². The molecule has 2 unspecified atom stereocenters. The highest BCUT2D eigenvalue weighted by molar-refractivity contribution is 7.91. The van der Waals surface area contributed by atoms with Gasteiger partial charge in [0.05, 0.1) is 41.3 Å². The Morgan fingerprint density at radius 1 is 1.33 bits per heavy atom. The summed E-state index contributed by atoms with van der Waals surface area (Å²) in [7, 11) is -3.31. The number of esters is 1. The molecule has 2 aliphatic heterocycles. The molecular formula is C19H21F3N2O5S. The van der Waals surface area contributed by atoms with Crippen LogP contribution >= 0.6 is 0 Å². The summed E-state index contributed by atoms with van der Waals surface area (Å²) in [6.45, 7) is 3.07. The zero-order chi connectivity index (χ0) is 22.3. The van der Waals surface area contributed by atoms with Crippen LogP contribution in [0.1, 0.15) is 37.4 Å². The molecule has 7 nitrogen and oxygen atoms in total. The second kappa shape index (κ2) is 7.93. The SMILES string of the molecule is CCOC(=O)C1=C(C)N(C2CCS(=O)(=O)C2)C(=O)NC1c1cccc(C(F)(F)F)c1. The van der Waals surface area contributed by atoms with Gasteiger partial charge in [-0.2, -0.15) is 13.2 Å². The van der Waals surface area contributed by atoms with Gasteiger partial charge in [-0.15, -0.1) is 0 Å². The Bertz CT molecular complexity index is 1000. The number of amides is 2. The van der Waals surface area contributed by atoms with Crippen molar-refractivity contribution in [1.82, 2.24) is 10.2 Å². The van der Waals surface area contributed by atoms with E-state index in [0.29, 0.717) is 0 Å². The fourth-order valence-corrected chi connectivity index (χ4v) is 5.49. The first-order valence-electron chi connectivity index (χ1n) is 9.30. The number of halogens is 3. The highest BCUT2D eigenvalue weighted by Gasteiger charge is 2.43. The van der Waals surface area contributed by atoms with Gasteiger partial charge in [-0.1, -0.05) is 12.1 Å². The van der Waals surface area contributed by atoms with Crippen molar-refractivity contribution >= 4 is 21.8 Å². The van der Waals surface area contributed by atoms with E-state index < -0.39 is 45.7 Å². The van der Waals surface area contributed by atoms with Gasteiger partial charge < -0.3 is 10.1 Å². The minimum Gasteiger partial charge on any atom is -0.463 e. The summed E-state index contributed by atoms with van der Waals surface area (Å²) in [4.78, 5) is 26.7. The Hall–Kier alpha value is -2.56. The molecule has 0 radical (unpaired) electrons. The van der Waals surface area contributed by atoms with Crippen molar-refractivity contribution < 1.29 is 35.9 Å². The van der Waals surface area contributed by atoms with E-state index in [0.717, 1.165) is 12.1 Å². The molecule has 3 rings (SSSR count). The van der Waals surface area contributed by atoms with Crippen LogP contribution in [0.15, 0.2) is 35.5 Å². The molecular weight excluding hydrogens is 425 g/mol. The van der Waals surface area contributed by atoms with Crippen LogP contribution in [-0.2, 0) is 25.5 Å². The topological polar surface area (TPSA) is 92.8 Å². The predicted octanol–water partition coefficient (Wildman–Crippen LogP) is 2.80. The summed E-state index contributed by atoms with van der Waals surface area (Å²) in [6, 6.07) is 1.83. The van der Waals surface area contributed by atoms with Gasteiger partial charge in [0, 0.05) is 5.70 Å². The first kappa shape index (κ1) is 22.1. The van der Waals surface area contributed by atoms with Gasteiger partial charge in [0.1, 0.15) is 0 Å². The Balaban J connectivity index is 2.08. The smallest absolute Gasteiger partial charge is 0.416 e. The molecule has 2 heterocycles. The van der Waals surface area contributed by atoms with E-state index in [1.54, 1.807) is 6.92 Å². The maximum absolute atomic E-state index is 13.1. The number of urea groups is 1. The first-order valence-corrected chi connectivity index (χ1v) is 11.1. The van der Waals surface area contributed by atoms with Crippen LogP contribution in [-0.4, -0.2) is 49.5 Å². The molecule has 0 aromatic heterocycles. The van der Waals surface area contributed by atoms with Crippen LogP contribution in [0.3, 0.4) is 0 Å². The number of rotatable bonds is 4. The number of ether oxygens (including phenoxy) is 1. The quantitative estimate of drug-likeness (QED) is 0.718. The molecule has 2 aliphatic rings. The lowest BCUT2D eigenvalue weighted by Gasteiger charge is -2.38. The Morgan fingerprint density at radius 2 is 2.03 bits per heavy atom. The summed E-state index contributed by atoms with van der Waals surface area (Å²) < 4.78 is 68.2. The Kier molecular flexibility index (Phi) is 5.85. The van der Waals surface area contributed by atoms with Crippen LogP contribution in [0.4, 0.5) is 18.0 Å². The number of hydrogen-bond acceptors (Lipinski definition) is 5. The summed E-state index contributed by atoms with van der Waals surface area (Å²) in [5.41, 5.74) is -0.708. The van der Waals surface area contributed by atoms with E-state index >= 15 is 0 Å². The van der Waals surface area contributed by atoms with Crippen LogP contribution in [0.25, 0.3) is 0 Å². The summed E-state index contributed by atoms with van der Waals surface area (Å²) in [5.74, 6) is -1.12. The zero-order valence-corrected chi connectivity index (χ0v) is 17.1. The molecule has 2 amide bonds. The first-order chi connectivity index (χ1) is 13.9. The van der Waals surface area contributed by atoms with Gasteiger partial charge in [0.15, 0.2) is 9.84 Å². The van der Waals surface area contributed by atoms with E-state index in [1.807, 2.05) is 0 Å². The van der Waals surface area contributed by atoms with Gasteiger partial charge in [-0.25, -0.2) is 18.0 Å². The van der Waals surface area contributed by atoms with Crippen LogP contribution in [0, 0.1) is 0 Å². The molecule has 0 saturated carbocycles. The third-order valence-corrected chi connectivity index (χ3v) is 6.89. The number of nitrogens with zero attached hydrogens (tertiary/aromatic N) is 1. The maximum atomic E-state index is 13.1. The van der Waals surface area contributed by atoms with E-state index in [9.17, 15) is 31.2 Å². The lowest BCUT2D eigenvalue weighted by atomic mass is 9.93.